The lowest BCUT2D eigenvalue weighted by atomic mass is 9.71. The van der Waals surface area contributed by atoms with Crippen molar-refractivity contribution in [3.8, 4) is 0 Å². The SMILES string of the molecule is Cc1ccc(NS(=O)(=O)c2cc(C3C4=C(Cn5c(=O)c6ccccc6c(=O)n53)CC(C)(C)CC4=O)ccc2C)c(C)c1. The van der Waals surface area contributed by atoms with Gasteiger partial charge in [0.15, 0.2) is 5.78 Å². The third-order valence-electron chi connectivity index (χ3n) is 8.41. The molecule has 0 saturated heterocycles. The molecular formula is C33H33N3O5S. The van der Waals surface area contributed by atoms with E-state index in [1.54, 1.807) is 49.4 Å². The Morgan fingerprint density at radius 3 is 2.21 bits per heavy atom. The number of sulfonamides is 1. The number of anilines is 1. The van der Waals surface area contributed by atoms with Crippen LogP contribution < -0.4 is 15.8 Å². The van der Waals surface area contributed by atoms with E-state index in [9.17, 15) is 22.8 Å². The summed E-state index contributed by atoms with van der Waals surface area (Å²) in [5.74, 6) is -0.0941. The van der Waals surface area contributed by atoms with E-state index in [2.05, 4.69) is 4.72 Å². The highest BCUT2D eigenvalue weighted by Gasteiger charge is 2.42. The Balaban J connectivity index is 1.59. The number of rotatable bonds is 4. The van der Waals surface area contributed by atoms with Gasteiger partial charge >= 0.3 is 0 Å². The fourth-order valence-corrected chi connectivity index (χ4v) is 7.91. The molecule has 1 aliphatic heterocycles. The van der Waals surface area contributed by atoms with Crippen molar-refractivity contribution in [2.75, 3.05) is 4.72 Å². The lowest BCUT2D eigenvalue weighted by Crippen LogP contribution is -2.48. The summed E-state index contributed by atoms with van der Waals surface area (Å²) in [5, 5.41) is 0.570. The fourth-order valence-electron chi connectivity index (χ4n) is 6.50. The van der Waals surface area contributed by atoms with Crippen LogP contribution in [0.25, 0.3) is 10.8 Å². The molecule has 2 aliphatic rings. The van der Waals surface area contributed by atoms with Crippen LogP contribution in [0.1, 0.15) is 55.0 Å². The first-order valence-electron chi connectivity index (χ1n) is 14.0. The van der Waals surface area contributed by atoms with E-state index >= 15 is 0 Å². The third kappa shape index (κ3) is 4.52. The van der Waals surface area contributed by atoms with Crippen molar-refractivity contribution in [2.45, 2.75) is 64.9 Å². The minimum absolute atomic E-state index is 0.0408. The molecule has 1 atom stereocenters. The Morgan fingerprint density at radius 1 is 0.833 bits per heavy atom. The number of carbonyl (C=O) groups is 1. The molecule has 0 amide bonds. The van der Waals surface area contributed by atoms with Crippen LogP contribution in [0.5, 0.6) is 0 Å². The number of carbonyl (C=O) groups excluding carboxylic acids is 1. The molecule has 1 aromatic heterocycles. The van der Waals surface area contributed by atoms with Crippen LogP contribution in [-0.4, -0.2) is 23.6 Å². The summed E-state index contributed by atoms with van der Waals surface area (Å²) in [5.41, 5.74) is 3.48. The summed E-state index contributed by atoms with van der Waals surface area (Å²) < 4.78 is 33.0. The number of nitrogens with zero attached hydrogens (tertiary/aromatic N) is 2. The highest BCUT2D eigenvalue weighted by molar-refractivity contribution is 7.92. The quantitative estimate of drug-likeness (QED) is 0.356. The molecule has 3 aromatic carbocycles. The first-order valence-corrected chi connectivity index (χ1v) is 15.5. The minimum Gasteiger partial charge on any atom is -0.294 e. The van der Waals surface area contributed by atoms with Gasteiger partial charge in [-0.2, -0.15) is 0 Å². The second-order valence-electron chi connectivity index (χ2n) is 12.4. The smallest absolute Gasteiger partial charge is 0.274 e. The van der Waals surface area contributed by atoms with Crippen LogP contribution in [0.4, 0.5) is 5.69 Å². The lowest BCUT2D eigenvalue weighted by Gasteiger charge is -2.40. The number of aromatic nitrogens is 2. The topological polar surface area (TPSA) is 107 Å². The number of nitrogens with one attached hydrogen (secondary N) is 1. The van der Waals surface area contributed by atoms with Gasteiger partial charge in [0, 0.05) is 12.0 Å². The first-order chi connectivity index (χ1) is 19.8. The van der Waals surface area contributed by atoms with Crippen LogP contribution in [0.2, 0.25) is 0 Å². The molecule has 2 heterocycles. The first kappa shape index (κ1) is 27.9. The molecule has 1 aliphatic carbocycles. The monoisotopic (exact) mass is 583 g/mol. The maximum Gasteiger partial charge on any atom is 0.274 e. The number of aryl methyl sites for hydroxylation is 3. The van der Waals surface area contributed by atoms with Crippen molar-refractivity contribution in [3.05, 3.63) is 115 Å². The molecule has 216 valence electrons. The van der Waals surface area contributed by atoms with E-state index in [1.165, 1.54) is 15.4 Å². The second-order valence-corrected chi connectivity index (χ2v) is 14.0. The summed E-state index contributed by atoms with van der Waals surface area (Å²) in [7, 11) is -4.04. The van der Waals surface area contributed by atoms with Gasteiger partial charge in [0.05, 0.1) is 27.9 Å². The number of hydrogen-bond acceptors (Lipinski definition) is 5. The molecule has 4 aromatic rings. The summed E-state index contributed by atoms with van der Waals surface area (Å²) in [6.45, 7) is 9.65. The van der Waals surface area contributed by atoms with Crippen LogP contribution in [0.3, 0.4) is 0 Å². The zero-order valence-corrected chi connectivity index (χ0v) is 25.1. The molecule has 0 bridgehead atoms. The molecule has 0 spiro atoms. The van der Waals surface area contributed by atoms with E-state index in [4.69, 9.17) is 0 Å². The summed E-state index contributed by atoms with van der Waals surface area (Å²) in [6, 6.07) is 16.2. The van der Waals surface area contributed by atoms with E-state index in [-0.39, 0.29) is 33.6 Å². The van der Waals surface area contributed by atoms with Gasteiger partial charge in [-0.25, -0.2) is 17.8 Å². The summed E-state index contributed by atoms with van der Waals surface area (Å²) >= 11 is 0. The number of fused-ring (bicyclic) bond motifs is 2. The van der Waals surface area contributed by atoms with Crippen molar-refractivity contribution in [2.24, 2.45) is 5.41 Å². The van der Waals surface area contributed by atoms with Gasteiger partial charge in [-0.1, -0.05) is 55.8 Å². The summed E-state index contributed by atoms with van der Waals surface area (Å²) in [6.07, 6.45) is 0.878. The lowest BCUT2D eigenvalue weighted by molar-refractivity contribution is -0.118. The van der Waals surface area contributed by atoms with E-state index in [1.807, 2.05) is 39.8 Å². The zero-order valence-electron chi connectivity index (χ0n) is 24.3. The molecule has 8 nitrogen and oxygen atoms in total. The average molecular weight is 584 g/mol. The van der Waals surface area contributed by atoms with Crippen LogP contribution in [-0.2, 0) is 21.4 Å². The van der Waals surface area contributed by atoms with Gasteiger partial charge < -0.3 is 0 Å². The zero-order chi connectivity index (χ0) is 30.1. The fraction of sp³-hybridized carbons (Fsp3) is 0.303. The van der Waals surface area contributed by atoms with E-state index in [0.29, 0.717) is 40.6 Å². The maximum absolute atomic E-state index is 14.0. The normalized spacial score (nSPS) is 18.1. The second kappa shape index (κ2) is 9.66. The van der Waals surface area contributed by atoms with Crippen molar-refractivity contribution in [1.82, 2.24) is 9.36 Å². The van der Waals surface area contributed by atoms with Gasteiger partial charge in [-0.15, -0.1) is 0 Å². The molecule has 6 rings (SSSR count). The van der Waals surface area contributed by atoms with Gasteiger partial charge in [0.1, 0.15) is 6.04 Å². The minimum atomic E-state index is -4.04. The van der Waals surface area contributed by atoms with Crippen molar-refractivity contribution >= 4 is 32.3 Å². The number of allylic oxidation sites excluding steroid dienone is 2. The number of ketones is 1. The molecule has 0 fully saturated rings. The Kier molecular flexibility index (Phi) is 6.42. The molecule has 0 radical (unpaired) electrons. The van der Waals surface area contributed by atoms with Crippen LogP contribution in [0, 0.1) is 26.2 Å². The number of benzene rings is 3. The van der Waals surface area contributed by atoms with Crippen LogP contribution >= 0.6 is 0 Å². The van der Waals surface area contributed by atoms with Crippen molar-refractivity contribution < 1.29 is 13.2 Å². The average Bonchev–Trinajstić information content (AvgIpc) is 2.92. The Labute approximate surface area is 244 Å². The predicted octanol–water partition coefficient (Wildman–Crippen LogP) is 5.18. The molecule has 1 unspecified atom stereocenters. The Bertz CT molecular complexity index is 2080. The molecule has 0 saturated carbocycles. The highest BCUT2D eigenvalue weighted by atomic mass is 32.2. The Morgan fingerprint density at radius 2 is 1.52 bits per heavy atom. The third-order valence-corrected chi connectivity index (χ3v) is 9.91. The molecular weight excluding hydrogens is 550 g/mol. The predicted molar refractivity (Wildman–Crippen MR) is 164 cm³/mol. The van der Waals surface area contributed by atoms with E-state index < -0.39 is 21.6 Å². The molecule has 1 N–H and O–H groups in total. The molecule has 42 heavy (non-hydrogen) atoms. The van der Waals surface area contributed by atoms with Crippen molar-refractivity contribution in [1.29, 1.82) is 0 Å². The highest BCUT2D eigenvalue weighted by Crippen LogP contribution is 2.44. The van der Waals surface area contributed by atoms with E-state index in [0.717, 1.165) is 16.7 Å². The van der Waals surface area contributed by atoms with Gasteiger partial charge in [-0.3, -0.25) is 19.1 Å². The van der Waals surface area contributed by atoms with Gasteiger partial charge in [0.2, 0.25) is 0 Å². The van der Waals surface area contributed by atoms with Gasteiger partial charge in [-0.05, 0) is 79.1 Å². The summed E-state index contributed by atoms with van der Waals surface area (Å²) in [4.78, 5) is 41.6. The number of Topliss-reactive ketones (excluding diaryl/α,β-unsaturated/α-hetero) is 1. The van der Waals surface area contributed by atoms with Crippen molar-refractivity contribution in [3.63, 3.8) is 0 Å². The van der Waals surface area contributed by atoms with Gasteiger partial charge in [0.25, 0.3) is 21.1 Å². The van der Waals surface area contributed by atoms with Crippen LogP contribution in [0.15, 0.2) is 86.3 Å². The number of hydrogen-bond donors (Lipinski definition) is 1. The largest absolute Gasteiger partial charge is 0.294 e. The maximum atomic E-state index is 14.0. The molecule has 9 heteroatoms. The Hall–Kier alpha value is -4.24. The standard InChI is InChI=1S/C33H33N3O5S/c1-19-10-13-26(21(3)14-19)34-42(40,41)28-15-22(12-11-20(28)2)30-29-23(16-33(4,5)17-27(29)37)18-35-31(38)24-8-6-7-9-25(24)32(39)36(30)35/h6-15,30,34H,16-18H2,1-5H3.